The highest BCUT2D eigenvalue weighted by atomic mass is 32.1. The normalized spacial score (nSPS) is 24.9. The van der Waals surface area contributed by atoms with Crippen molar-refractivity contribution >= 4 is 21.5 Å². The molecule has 0 spiro atoms. The minimum absolute atomic E-state index is 0.0991. The zero-order chi connectivity index (χ0) is 12.4. The summed E-state index contributed by atoms with van der Waals surface area (Å²) in [7, 11) is 0. The summed E-state index contributed by atoms with van der Waals surface area (Å²) in [5.74, 6) is 0.467. The molecule has 94 valence electrons. The molecule has 7 heteroatoms. The standard InChI is InChI=1S/C10H16N4O2S/c1-7-2-3-8(4-11)6-13(7)10-12-5-9(17-10)14(15)16/h5,7-8H,2-4,6,11H2,1H3. The van der Waals surface area contributed by atoms with Crippen molar-refractivity contribution in [1.29, 1.82) is 0 Å². The van der Waals surface area contributed by atoms with Crippen LogP contribution in [0.25, 0.3) is 0 Å². The van der Waals surface area contributed by atoms with Gasteiger partial charge in [0.1, 0.15) is 6.20 Å². The second kappa shape index (κ2) is 4.97. The molecule has 2 unspecified atom stereocenters. The van der Waals surface area contributed by atoms with Gasteiger partial charge in [-0.25, -0.2) is 4.98 Å². The van der Waals surface area contributed by atoms with E-state index in [9.17, 15) is 10.1 Å². The average Bonchev–Trinajstić information content (AvgIpc) is 2.79. The smallest absolute Gasteiger partial charge is 0.345 e. The molecule has 0 radical (unpaired) electrons. The number of nitrogens with zero attached hydrogens (tertiary/aromatic N) is 3. The summed E-state index contributed by atoms with van der Waals surface area (Å²) in [4.78, 5) is 16.5. The first-order valence-corrected chi connectivity index (χ1v) is 6.50. The van der Waals surface area contributed by atoms with Gasteiger partial charge in [-0.1, -0.05) is 0 Å². The van der Waals surface area contributed by atoms with Crippen LogP contribution in [-0.2, 0) is 0 Å². The minimum Gasteiger partial charge on any atom is -0.345 e. The number of nitro groups is 1. The third-order valence-electron chi connectivity index (χ3n) is 3.22. The first-order valence-electron chi connectivity index (χ1n) is 5.68. The number of hydrogen-bond donors (Lipinski definition) is 1. The molecule has 6 nitrogen and oxygen atoms in total. The Morgan fingerprint density at radius 2 is 2.47 bits per heavy atom. The lowest BCUT2D eigenvalue weighted by molar-refractivity contribution is -0.380. The Hall–Kier alpha value is -1.21. The van der Waals surface area contributed by atoms with E-state index >= 15 is 0 Å². The van der Waals surface area contributed by atoms with Gasteiger partial charge in [-0.3, -0.25) is 10.1 Å². The summed E-state index contributed by atoms with van der Waals surface area (Å²) in [5.41, 5.74) is 5.69. The summed E-state index contributed by atoms with van der Waals surface area (Å²) in [5, 5.41) is 11.5. The van der Waals surface area contributed by atoms with E-state index in [1.807, 2.05) is 0 Å². The number of thiazole rings is 1. The Morgan fingerprint density at radius 1 is 1.71 bits per heavy atom. The molecule has 0 saturated carbocycles. The second-order valence-electron chi connectivity index (χ2n) is 4.42. The molecular weight excluding hydrogens is 240 g/mol. The van der Waals surface area contributed by atoms with E-state index in [1.165, 1.54) is 6.20 Å². The van der Waals surface area contributed by atoms with Crippen LogP contribution >= 0.6 is 11.3 Å². The van der Waals surface area contributed by atoms with Crippen molar-refractivity contribution in [2.75, 3.05) is 18.0 Å². The fourth-order valence-electron chi connectivity index (χ4n) is 2.12. The number of rotatable bonds is 3. The highest BCUT2D eigenvalue weighted by molar-refractivity contribution is 7.18. The molecule has 1 fully saturated rings. The molecule has 1 aliphatic rings. The molecule has 2 rings (SSSR count). The first-order chi connectivity index (χ1) is 8.11. The largest absolute Gasteiger partial charge is 0.345 e. The maximum Gasteiger partial charge on any atom is 0.345 e. The zero-order valence-electron chi connectivity index (χ0n) is 9.70. The van der Waals surface area contributed by atoms with Crippen molar-refractivity contribution in [2.24, 2.45) is 11.7 Å². The third-order valence-corrected chi connectivity index (χ3v) is 4.21. The molecule has 2 N–H and O–H groups in total. The molecule has 17 heavy (non-hydrogen) atoms. The van der Waals surface area contributed by atoms with Gasteiger partial charge < -0.3 is 10.6 Å². The molecule has 2 heterocycles. The Morgan fingerprint density at radius 3 is 3.06 bits per heavy atom. The van der Waals surface area contributed by atoms with Crippen molar-refractivity contribution in [1.82, 2.24) is 4.98 Å². The van der Waals surface area contributed by atoms with Crippen LogP contribution in [0.4, 0.5) is 10.1 Å². The van der Waals surface area contributed by atoms with Crippen LogP contribution < -0.4 is 10.6 Å². The van der Waals surface area contributed by atoms with Gasteiger partial charge in [0.15, 0.2) is 5.13 Å². The maximum atomic E-state index is 10.6. The lowest BCUT2D eigenvalue weighted by Gasteiger charge is -2.37. The average molecular weight is 256 g/mol. The molecule has 1 aromatic rings. The monoisotopic (exact) mass is 256 g/mol. The van der Waals surface area contributed by atoms with Crippen molar-refractivity contribution in [3.63, 3.8) is 0 Å². The Labute approximate surface area is 104 Å². The van der Waals surface area contributed by atoms with E-state index < -0.39 is 4.92 Å². The molecule has 0 aromatic carbocycles. The fourth-order valence-corrected chi connectivity index (χ4v) is 2.96. The molecule has 0 bridgehead atoms. The summed E-state index contributed by atoms with van der Waals surface area (Å²) >= 11 is 1.14. The molecule has 1 aromatic heterocycles. The SMILES string of the molecule is CC1CCC(CN)CN1c1ncc([N+](=O)[O-])s1. The lowest BCUT2D eigenvalue weighted by Crippen LogP contribution is -2.43. The van der Waals surface area contributed by atoms with Crippen molar-refractivity contribution < 1.29 is 4.92 Å². The summed E-state index contributed by atoms with van der Waals surface area (Å²) < 4.78 is 0. The van der Waals surface area contributed by atoms with Gasteiger partial charge in [0.2, 0.25) is 0 Å². The Kier molecular flexibility index (Phi) is 3.58. The Balaban J connectivity index is 2.15. The number of piperidine rings is 1. The topological polar surface area (TPSA) is 85.3 Å². The van der Waals surface area contributed by atoms with Gasteiger partial charge in [0.25, 0.3) is 0 Å². The van der Waals surface area contributed by atoms with E-state index in [2.05, 4.69) is 16.8 Å². The molecule has 0 amide bonds. The molecule has 2 atom stereocenters. The molecule has 1 aliphatic heterocycles. The lowest BCUT2D eigenvalue weighted by atomic mass is 9.94. The van der Waals surface area contributed by atoms with Crippen LogP contribution in [0.5, 0.6) is 0 Å². The predicted octanol–water partition coefficient (Wildman–Crippen LogP) is 1.61. The van der Waals surface area contributed by atoms with Crippen LogP contribution in [-0.4, -0.2) is 29.0 Å². The number of anilines is 1. The van der Waals surface area contributed by atoms with Crippen molar-refractivity contribution in [2.45, 2.75) is 25.8 Å². The molecular formula is C10H16N4O2S. The van der Waals surface area contributed by atoms with Gasteiger partial charge in [-0.05, 0) is 43.6 Å². The number of nitrogens with two attached hydrogens (primary N) is 1. The van der Waals surface area contributed by atoms with Crippen molar-refractivity contribution in [3.8, 4) is 0 Å². The van der Waals surface area contributed by atoms with Crippen LogP contribution in [0.15, 0.2) is 6.20 Å². The number of aromatic nitrogens is 1. The van der Waals surface area contributed by atoms with Crippen LogP contribution in [0.1, 0.15) is 19.8 Å². The molecule has 1 saturated heterocycles. The van der Waals surface area contributed by atoms with Crippen molar-refractivity contribution in [3.05, 3.63) is 16.3 Å². The fraction of sp³-hybridized carbons (Fsp3) is 0.700. The predicted molar refractivity (Wildman–Crippen MR) is 67.4 cm³/mol. The third kappa shape index (κ3) is 2.55. The second-order valence-corrected chi connectivity index (χ2v) is 5.41. The van der Waals surface area contributed by atoms with Gasteiger partial charge in [0.05, 0.1) is 4.92 Å². The number of hydrogen-bond acceptors (Lipinski definition) is 6. The van der Waals surface area contributed by atoms with E-state index in [-0.39, 0.29) is 5.00 Å². The van der Waals surface area contributed by atoms with Crippen LogP contribution in [0.2, 0.25) is 0 Å². The van der Waals surface area contributed by atoms with E-state index in [0.717, 1.165) is 35.9 Å². The zero-order valence-corrected chi connectivity index (χ0v) is 10.5. The van der Waals surface area contributed by atoms with Gasteiger partial charge in [0, 0.05) is 12.6 Å². The summed E-state index contributed by atoms with van der Waals surface area (Å²) in [6.45, 7) is 3.64. The van der Waals surface area contributed by atoms with E-state index in [0.29, 0.717) is 18.5 Å². The minimum atomic E-state index is -0.393. The maximum absolute atomic E-state index is 10.6. The van der Waals surface area contributed by atoms with E-state index in [1.54, 1.807) is 0 Å². The highest BCUT2D eigenvalue weighted by Crippen LogP contribution is 2.33. The first kappa shape index (κ1) is 12.3. The van der Waals surface area contributed by atoms with Crippen LogP contribution in [0, 0.1) is 16.0 Å². The van der Waals surface area contributed by atoms with Crippen LogP contribution in [0.3, 0.4) is 0 Å². The molecule has 0 aliphatic carbocycles. The summed E-state index contributed by atoms with van der Waals surface area (Å²) in [6.07, 6.45) is 3.52. The Bertz CT molecular complexity index is 409. The summed E-state index contributed by atoms with van der Waals surface area (Å²) in [6, 6.07) is 0.378. The quantitative estimate of drug-likeness (QED) is 0.656. The highest BCUT2D eigenvalue weighted by Gasteiger charge is 2.27. The van der Waals surface area contributed by atoms with E-state index in [4.69, 9.17) is 5.73 Å². The van der Waals surface area contributed by atoms with Gasteiger partial charge in [-0.2, -0.15) is 0 Å². The van der Waals surface area contributed by atoms with Gasteiger partial charge >= 0.3 is 5.00 Å². The van der Waals surface area contributed by atoms with Gasteiger partial charge in [-0.15, -0.1) is 0 Å².